The minimum atomic E-state index is -0.198. The van der Waals surface area contributed by atoms with Crippen LogP contribution in [0, 0.1) is 5.82 Å². The smallest absolute Gasteiger partial charge is 0.131 e. The number of rotatable bonds is 4. The maximum absolute atomic E-state index is 14.2. The number of ether oxygens (including phenoxy) is 1. The largest absolute Gasteiger partial charge is 0.496 e. The molecular formula is C16H25FN2O. The molecule has 0 saturated heterocycles. The third-order valence-electron chi connectivity index (χ3n) is 4.58. The highest BCUT2D eigenvalue weighted by molar-refractivity contribution is 5.37. The molecule has 0 amide bonds. The Hall–Kier alpha value is -1.13. The second-order valence-corrected chi connectivity index (χ2v) is 5.77. The van der Waals surface area contributed by atoms with Gasteiger partial charge in [0.25, 0.3) is 0 Å². The first-order chi connectivity index (χ1) is 9.54. The lowest BCUT2D eigenvalue weighted by molar-refractivity contribution is 0.136. The molecule has 0 spiro atoms. The molecule has 1 saturated carbocycles. The molecule has 1 atom stereocenters. The molecule has 2 N–H and O–H groups in total. The molecule has 2 rings (SSSR count). The van der Waals surface area contributed by atoms with Crippen LogP contribution in [-0.4, -0.2) is 31.1 Å². The van der Waals surface area contributed by atoms with Crippen molar-refractivity contribution in [2.24, 2.45) is 5.73 Å². The minimum Gasteiger partial charge on any atom is -0.496 e. The van der Waals surface area contributed by atoms with E-state index in [0.29, 0.717) is 23.4 Å². The molecule has 1 aliphatic rings. The van der Waals surface area contributed by atoms with Crippen LogP contribution in [0.2, 0.25) is 0 Å². The Balaban J connectivity index is 2.16. The van der Waals surface area contributed by atoms with E-state index in [1.54, 1.807) is 13.2 Å². The van der Waals surface area contributed by atoms with E-state index < -0.39 is 0 Å². The number of hydrogen-bond acceptors (Lipinski definition) is 3. The van der Waals surface area contributed by atoms with E-state index in [-0.39, 0.29) is 11.9 Å². The highest BCUT2D eigenvalue weighted by Gasteiger charge is 2.28. The summed E-state index contributed by atoms with van der Waals surface area (Å²) in [6.45, 7) is 2.04. The number of hydrogen-bond donors (Lipinski definition) is 1. The van der Waals surface area contributed by atoms with Gasteiger partial charge < -0.3 is 10.5 Å². The van der Waals surface area contributed by atoms with Crippen LogP contribution in [-0.2, 0) is 0 Å². The molecule has 1 aromatic rings. The Morgan fingerprint density at radius 1 is 1.30 bits per heavy atom. The quantitative estimate of drug-likeness (QED) is 0.921. The lowest BCUT2D eigenvalue weighted by Gasteiger charge is -2.37. The fourth-order valence-corrected chi connectivity index (χ4v) is 3.13. The van der Waals surface area contributed by atoms with Crippen LogP contribution in [0.1, 0.15) is 44.2 Å². The summed E-state index contributed by atoms with van der Waals surface area (Å²) in [5, 5.41) is 0. The van der Waals surface area contributed by atoms with Crippen molar-refractivity contribution in [3.05, 3.63) is 29.6 Å². The van der Waals surface area contributed by atoms with Crippen LogP contribution in [0.25, 0.3) is 0 Å². The number of nitrogens with two attached hydrogens (primary N) is 1. The summed E-state index contributed by atoms with van der Waals surface area (Å²) in [5.41, 5.74) is 6.60. The third-order valence-corrected chi connectivity index (χ3v) is 4.58. The fourth-order valence-electron chi connectivity index (χ4n) is 3.13. The molecule has 112 valence electrons. The second kappa shape index (κ2) is 6.55. The normalized spacial score (nSPS) is 24.7. The van der Waals surface area contributed by atoms with Crippen molar-refractivity contribution in [1.82, 2.24) is 4.90 Å². The van der Waals surface area contributed by atoms with Crippen molar-refractivity contribution in [1.29, 1.82) is 0 Å². The Labute approximate surface area is 120 Å². The van der Waals surface area contributed by atoms with E-state index in [2.05, 4.69) is 11.9 Å². The summed E-state index contributed by atoms with van der Waals surface area (Å²) < 4.78 is 19.5. The zero-order valence-electron chi connectivity index (χ0n) is 12.6. The van der Waals surface area contributed by atoms with Gasteiger partial charge in [-0.05, 0) is 51.8 Å². The summed E-state index contributed by atoms with van der Waals surface area (Å²) >= 11 is 0. The molecule has 0 aromatic heterocycles. The maximum Gasteiger partial charge on any atom is 0.131 e. The number of halogens is 1. The number of nitrogens with zero attached hydrogens (tertiary/aromatic N) is 1. The van der Waals surface area contributed by atoms with Crippen LogP contribution in [0.3, 0.4) is 0 Å². The molecule has 0 radical (unpaired) electrons. The zero-order chi connectivity index (χ0) is 14.7. The zero-order valence-corrected chi connectivity index (χ0v) is 12.6. The minimum absolute atomic E-state index is 0.00882. The van der Waals surface area contributed by atoms with Gasteiger partial charge in [0, 0.05) is 23.7 Å². The van der Waals surface area contributed by atoms with Crippen LogP contribution in [0.5, 0.6) is 5.75 Å². The van der Waals surface area contributed by atoms with Gasteiger partial charge in [0.1, 0.15) is 11.6 Å². The Kier molecular flexibility index (Phi) is 5.00. The van der Waals surface area contributed by atoms with Gasteiger partial charge in [-0.1, -0.05) is 6.07 Å². The summed E-state index contributed by atoms with van der Waals surface area (Å²) in [5.74, 6) is 0.424. The van der Waals surface area contributed by atoms with Gasteiger partial charge in [-0.15, -0.1) is 0 Å². The maximum atomic E-state index is 14.2. The van der Waals surface area contributed by atoms with Crippen LogP contribution in [0.15, 0.2) is 18.2 Å². The first-order valence-corrected chi connectivity index (χ1v) is 7.34. The van der Waals surface area contributed by atoms with Crippen molar-refractivity contribution in [3.8, 4) is 5.75 Å². The van der Waals surface area contributed by atoms with E-state index in [1.165, 1.54) is 6.07 Å². The SMILES string of the molecule is COc1cccc(F)c1C(C)N(C)C1CCC(N)CC1. The lowest BCUT2D eigenvalue weighted by atomic mass is 9.89. The molecule has 1 fully saturated rings. The molecular weight excluding hydrogens is 255 g/mol. The van der Waals surface area contributed by atoms with Gasteiger partial charge in [-0.3, -0.25) is 4.90 Å². The Morgan fingerprint density at radius 3 is 2.55 bits per heavy atom. The molecule has 0 heterocycles. The predicted octanol–water partition coefficient (Wildman–Crippen LogP) is 3.10. The third kappa shape index (κ3) is 3.13. The van der Waals surface area contributed by atoms with Gasteiger partial charge in [0.2, 0.25) is 0 Å². The first kappa shape index (κ1) is 15.3. The van der Waals surface area contributed by atoms with E-state index >= 15 is 0 Å². The highest BCUT2D eigenvalue weighted by atomic mass is 19.1. The van der Waals surface area contributed by atoms with Crippen LogP contribution >= 0.6 is 0 Å². The van der Waals surface area contributed by atoms with E-state index in [9.17, 15) is 4.39 Å². The van der Waals surface area contributed by atoms with E-state index in [4.69, 9.17) is 10.5 Å². The van der Waals surface area contributed by atoms with Gasteiger partial charge in [-0.2, -0.15) is 0 Å². The molecule has 20 heavy (non-hydrogen) atoms. The average Bonchev–Trinajstić information content (AvgIpc) is 2.46. The highest BCUT2D eigenvalue weighted by Crippen LogP contribution is 2.34. The molecule has 0 bridgehead atoms. The van der Waals surface area contributed by atoms with Gasteiger partial charge >= 0.3 is 0 Å². The standard InChI is InChI=1S/C16H25FN2O/c1-11(16-14(17)5-4-6-15(16)20-3)19(2)13-9-7-12(18)8-10-13/h4-6,11-13H,7-10,18H2,1-3H3. The van der Waals surface area contributed by atoms with Crippen LogP contribution in [0.4, 0.5) is 4.39 Å². The Bertz CT molecular complexity index is 444. The van der Waals surface area contributed by atoms with Crippen molar-refractivity contribution in [2.45, 2.75) is 50.7 Å². The van der Waals surface area contributed by atoms with Crippen molar-refractivity contribution in [2.75, 3.05) is 14.2 Å². The summed E-state index contributed by atoms with van der Waals surface area (Å²) in [6.07, 6.45) is 4.27. The van der Waals surface area contributed by atoms with E-state index in [1.807, 2.05) is 13.0 Å². The Morgan fingerprint density at radius 2 is 1.95 bits per heavy atom. The molecule has 1 aromatic carbocycles. The molecule has 1 aliphatic carbocycles. The molecule has 3 nitrogen and oxygen atoms in total. The van der Waals surface area contributed by atoms with Crippen LogP contribution < -0.4 is 10.5 Å². The molecule has 1 unspecified atom stereocenters. The summed E-state index contributed by atoms with van der Waals surface area (Å²) in [7, 11) is 3.66. The molecule has 0 aliphatic heterocycles. The number of benzene rings is 1. The molecule has 4 heteroatoms. The van der Waals surface area contributed by atoms with Gasteiger partial charge in [0.15, 0.2) is 0 Å². The van der Waals surface area contributed by atoms with Crippen molar-refractivity contribution < 1.29 is 9.13 Å². The lowest BCUT2D eigenvalue weighted by Crippen LogP contribution is -2.40. The van der Waals surface area contributed by atoms with Gasteiger partial charge in [0.05, 0.1) is 7.11 Å². The van der Waals surface area contributed by atoms with Crippen molar-refractivity contribution in [3.63, 3.8) is 0 Å². The van der Waals surface area contributed by atoms with Gasteiger partial charge in [-0.25, -0.2) is 4.39 Å². The average molecular weight is 280 g/mol. The summed E-state index contributed by atoms with van der Waals surface area (Å²) in [4.78, 5) is 2.26. The monoisotopic (exact) mass is 280 g/mol. The summed E-state index contributed by atoms with van der Waals surface area (Å²) in [6, 6.07) is 5.79. The van der Waals surface area contributed by atoms with Crippen molar-refractivity contribution >= 4 is 0 Å². The number of methoxy groups -OCH3 is 1. The topological polar surface area (TPSA) is 38.5 Å². The second-order valence-electron chi connectivity index (χ2n) is 5.77. The predicted molar refractivity (Wildman–Crippen MR) is 79.4 cm³/mol. The first-order valence-electron chi connectivity index (χ1n) is 7.34. The fraction of sp³-hybridized carbons (Fsp3) is 0.625. The van der Waals surface area contributed by atoms with E-state index in [0.717, 1.165) is 25.7 Å².